The van der Waals surface area contributed by atoms with Gasteiger partial charge in [-0.3, -0.25) is 10.1 Å². The third kappa shape index (κ3) is 3.97. The zero-order chi connectivity index (χ0) is 17.0. The van der Waals surface area contributed by atoms with Crippen LogP contribution in [0.3, 0.4) is 0 Å². The van der Waals surface area contributed by atoms with E-state index >= 15 is 0 Å². The SMILES string of the molecule is CCOC(=O)c1cc([N+](=O)[O-])cc(F)c1N1CCCC(C)CC1. The van der Waals surface area contributed by atoms with Crippen LogP contribution in [0.25, 0.3) is 0 Å². The van der Waals surface area contributed by atoms with Crippen molar-refractivity contribution < 1.29 is 18.8 Å². The van der Waals surface area contributed by atoms with E-state index in [4.69, 9.17) is 4.74 Å². The summed E-state index contributed by atoms with van der Waals surface area (Å²) in [6, 6.07) is 1.97. The molecule has 6 nitrogen and oxygen atoms in total. The summed E-state index contributed by atoms with van der Waals surface area (Å²) in [4.78, 5) is 24.2. The lowest BCUT2D eigenvalue weighted by atomic mass is 10.0. The van der Waals surface area contributed by atoms with Gasteiger partial charge in [0.05, 0.1) is 28.8 Å². The molecule has 0 bridgehead atoms. The van der Waals surface area contributed by atoms with E-state index in [1.807, 2.05) is 0 Å². The first-order valence-corrected chi connectivity index (χ1v) is 7.84. The van der Waals surface area contributed by atoms with Crippen LogP contribution in [0.2, 0.25) is 0 Å². The Balaban J connectivity index is 2.47. The van der Waals surface area contributed by atoms with E-state index in [9.17, 15) is 19.3 Å². The summed E-state index contributed by atoms with van der Waals surface area (Å²) in [7, 11) is 0. The molecule has 1 aromatic carbocycles. The van der Waals surface area contributed by atoms with Crippen LogP contribution in [0.4, 0.5) is 15.8 Å². The number of rotatable bonds is 4. The van der Waals surface area contributed by atoms with E-state index in [2.05, 4.69) is 6.92 Å². The second-order valence-electron chi connectivity index (χ2n) is 5.82. The van der Waals surface area contributed by atoms with E-state index in [0.717, 1.165) is 31.4 Å². The standard InChI is InChI=1S/C16H21FN2O4/c1-3-23-16(20)13-9-12(19(21)22)10-14(17)15(13)18-7-4-5-11(2)6-8-18/h9-11H,3-8H2,1-2H3. The maximum Gasteiger partial charge on any atom is 0.340 e. The molecule has 7 heteroatoms. The van der Waals surface area contributed by atoms with Crippen molar-refractivity contribution in [1.82, 2.24) is 0 Å². The van der Waals surface area contributed by atoms with Crippen molar-refractivity contribution >= 4 is 17.3 Å². The summed E-state index contributed by atoms with van der Waals surface area (Å²) in [5.41, 5.74) is -0.409. The van der Waals surface area contributed by atoms with E-state index in [0.29, 0.717) is 19.0 Å². The Morgan fingerprint density at radius 1 is 1.43 bits per heavy atom. The fraction of sp³-hybridized carbons (Fsp3) is 0.562. The first-order chi connectivity index (χ1) is 10.9. The molecule has 0 aliphatic carbocycles. The number of anilines is 1. The van der Waals surface area contributed by atoms with Gasteiger partial charge in [0.15, 0.2) is 5.82 Å². The first kappa shape index (κ1) is 17.2. The van der Waals surface area contributed by atoms with Crippen molar-refractivity contribution in [2.75, 3.05) is 24.6 Å². The molecule has 1 atom stereocenters. The molecule has 0 radical (unpaired) electrons. The molecule has 0 N–H and O–H groups in total. The van der Waals surface area contributed by atoms with Crippen LogP contribution in [0.15, 0.2) is 12.1 Å². The number of ether oxygens (including phenoxy) is 1. The Morgan fingerprint density at radius 2 is 2.17 bits per heavy atom. The second-order valence-corrected chi connectivity index (χ2v) is 5.82. The van der Waals surface area contributed by atoms with Crippen molar-refractivity contribution in [2.45, 2.75) is 33.1 Å². The largest absolute Gasteiger partial charge is 0.462 e. The zero-order valence-electron chi connectivity index (χ0n) is 13.4. The van der Waals surface area contributed by atoms with Crippen LogP contribution >= 0.6 is 0 Å². The second kappa shape index (κ2) is 7.39. The minimum Gasteiger partial charge on any atom is -0.462 e. The highest BCUT2D eigenvalue weighted by molar-refractivity contribution is 5.97. The average Bonchev–Trinajstić information content (AvgIpc) is 2.71. The van der Waals surface area contributed by atoms with Gasteiger partial charge in [0.2, 0.25) is 0 Å². The van der Waals surface area contributed by atoms with Gasteiger partial charge in [-0.25, -0.2) is 9.18 Å². The van der Waals surface area contributed by atoms with Crippen LogP contribution < -0.4 is 4.90 Å². The lowest BCUT2D eigenvalue weighted by molar-refractivity contribution is -0.385. The summed E-state index contributed by atoms with van der Waals surface area (Å²) in [5, 5.41) is 10.9. The molecule has 1 heterocycles. The molecule has 0 saturated carbocycles. The Labute approximate surface area is 134 Å². The zero-order valence-corrected chi connectivity index (χ0v) is 13.4. The molecule has 1 unspecified atom stereocenters. The molecular formula is C16H21FN2O4. The van der Waals surface area contributed by atoms with Crippen LogP contribution in [0.5, 0.6) is 0 Å². The van der Waals surface area contributed by atoms with Gasteiger partial charge >= 0.3 is 5.97 Å². The molecule has 0 aromatic heterocycles. The van der Waals surface area contributed by atoms with Gasteiger partial charge in [0, 0.05) is 19.2 Å². The van der Waals surface area contributed by atoms with Crippen molar-refractivity contribution in [3.63, 3.8) is 0 Å². The van der Waals surface area contributed by atoms with Crippen molar-refractivity contribution in [1.29, 1.82) is 0 Å². The number of nitro benzene ring substituents is 1. The number of carbonyl (C=O) groups is 1. The Hall–Kier alpha value is -2.18. The molecule has 1 fully saturated rings. The maximum atomic E-state index is 14.5. The summed E-state index contributed by atoms with van der Waals surface area (Å²) >= 11 is 0. The molecule has 1 aromatic rings. The number of halogens is 1. The molecule has 1 aliphatic heterocycles. The summed E-state index contributed by atoms with van der Waals surface area (Å²) in [6.07, 6.45) is 2.82. The molecule has 0 spiro atoms. The molecule has 1 aliphatic rings. The predicted octanol–water partition coefficient (Wildman–Crippen LogP) is 3.54. The maximum absolute atomic E-state index is 14.5. The van der Waals surface area contributed by atoms with E-state index < -0.39 is 22.4 Å². The minimum atomic E-state index is -0.753. The van der Waals surface area contributed by atoms with Crippen molar-refractivity contribution in [2.24, 2.45) is 5.92 Å². The molecule has 0 amide bonds. The molecule has 1 saturated heterocycles. The first-order valence-electron chi connectivity index (χ1n) is 7.84. The Morgan fingerprint density at radius 3 is 2.83 bits per heavy atom. The monoisotopic (exact) mass is 324 g/mol. The van der Waals surface area contributed by atoms with Crippen molar-refractivity contribution in [3.8, 4) is 0 Å². The molecule has 23 heavy (non-hydrogen) atoms. The van der Waals surface area contributed by atoms with Crippen LogP contribution in [0, 0.1) is 21.8 Å². The summed E-state index contributed by atoms with van der Waals surface area (Å²) in [6.45, 7) is 5.13. The number of benzene rings is 1. The number of hydrogen-bond donors (Lipinski definition) is 0. The van der Waals surface area contributed by atoms with Crippen LogP contribution in [-0.4, -0.2) is 30.6 Å². The molecular weight excluding hydrogens is 303 g/mol. The van der Waals surface area contributed by atoms with Gasteiger partial charge in [-0.05, 0) is 32.1 Å². The van der Waals surface area contributed by atoms with Gasteiger partial charge in [0.1, 0.15) is 0 Å². The quantitative estimate of drug-likeness (QED) is 0.481. The fourth-order valence-electron chi connectivity index (χ4n) is 2.86. The molecule has 126 valence electrons. The Kier molecular flexibility index (Phi) is 5.52. The Bertz CT molecular complexity index is 606. The number of non-ortho nitro benzene ring substituents is 1. The van der Waals surface area contributed by atoms with Gasteiger partial charge < -0.3 is 9.64 Å². The minimum absolute atomic E-state index is 0.0758. The van der Waals surface area contributed by atoms with Gasteiger partial charge in [-0.15, -0.1) is 0 Å². The third-order valence-electron chi connectivity index (χ3n) is 4.09. The summed E-state index contributed by atoms with van der Waals surface area (Å²) < 4.78 is 19.5. The topological polar surface area (TPSA) is 72.7 Å². The number of esters is 1. The van der Waals surface area contributed by atoms with E-state index in [1.165, 1.54) is 0 Å². The highest BCUT2D eigenvalue weighted by Crippen LogP contribution is 2.32. The lowest BCUT2D eigenvalue weighted by Crippen LogP contribution is -2.28. The van der Waals surface area contributed by atoms with E-state index in [-0.39, 0.29) is 17.9 Å². The van der Waals surface area contributed by atoms with Gasteiger partial charge in [-0.1, -0.05) is 6.92 Å². The van der Waals surface area contributed by atoms with E-state index in [1.54, 1.807) is 11.8 Å². The van der Waals surface area contributed by atoms with Gasteiger partial charge in [0.25, 0.3) is 5.69 Å². The highest BCUT2D eigenvalue weighted by Gasteiger charge is 2.27. The summed E-state index contributed by atoms with van der Waals surface area (Å²) in [5.74, 6) is -0.952. The lowest BCUT2D eigenvalue weighted by Gasteiger charge is -2.25. The van der Waals surface area contributed by atoms with Crippen LogP contribution in [0.1, 0.15) is 43.5 Å². The van der Waals surface area contributed by atoms with Crippen LogP contribution in [-0.2, 0) is 4.74 Å². The average molecular weight is 324 g/mol. The van der Waals surface area contributed by atoms with Gasteiger partial charge in [-0.2, -0.15) is 0 Å². The number of carbonyl (C=O) groups excluding carboxylic acids is 1. The smallest absolute Gasteiger partial charge is 0.340 e. The molecule has 2 rings (SSSR count). The number of hydrogen-bond acceptors (Lipinski definition) is 5. The predicted molar refractivity (Wildman–Crippen MR) is 84.2 cm³/mol. The number of nitro groups is 1. The normalized spacial score (nSPS) is 18.4. The highest BCUT2D eigenvalue weighted by atomic mass is 19.1. The number of nitrogens with zero attached hydrogens (tertiary/aromatic N) is 2. The van der Waals surface area contributed by atoms with Crippen molar-refractivity contribution in [3.05, 3.63) is 33.6 Å². The third-order valence-corrected chi connectivity index (χ3v) is 4.09. The fourth-order valence-corrected chi connectivity index (χ4v) is 2.86.